The van der Waals surface area contributed by atoms with Crippen LogP contribution in [0.1, 0.15) is 11.1 Å². The van der Waals surface area contributed by atoms with Crippen LogP contribution in [0, 0.1) is 13.8 Å². The van der Waals surface area contributed by atoms with E-state index in [1.807, 2.05) is 26.0 Å². The highest BCUT2D eigenvalue weighted by molar-refractivity contribution is 9.10. The van der Waals surface area contributed by atoms with E-state index in [1.165, 1.54) is 7.11 Å². The molecule has 0 radical (unpaired) electrons. The van der Waals surface area contributed by atoms with Gasteiger partial charge < -0.3 is 0 Å². The number of aromatic nitrogens is 4. The lowest BCUT2D eigenvalue weighted by Crippen LogP contribution is -2.11. The van der Waals surface area contributed by atoms with Gasteiger partial charge in [0.25, 0.3) is 5.56 Å². The number of benzene rings is 1. The molecular weight excluding hydrogens is 350 g/mol. The number of nitrogens with zero attached hydrogens (tertiary/aromatic N) is 3. The van der Waals surface area contributed by atoms with Crippen LogP contribution in [0.3, 0.4) is 0 Å². The molecule has 0 saturated heterocycles. The van der Waals surface area contributed by atoms with Crippen molar-refractivity contribution in [3.63, 3.8) is 0 Å². The first-order valence-corrected chi connectivity index (χ1v) is 7.34. The minimum Gasteiger partial charge on any atom is -0.290 e. The first-order chi connectivity index (χ1) is 10.5. The van der Waals surface area contributed by atoms with Crippen molar-refractivity contribution in [1.29, 1.82) is 0 Å². The molecule has 1 aromatic carbocycles. The molecule has 0 atom stereocenters. The number of H-pyrrole nitrogens is 1. The Kier molecular flexibility index (Phi) is 3.71. The van der Waals surface area contributed by atoms with Gasteiger partial charge in [0.2, 0.25) is 5.95 Å². The number of fused-ring (bicyclic) bond motifs is 1. The van der Waals surface area contributed by atoms with Crippen LogP contribution in [-0.4, -0.2) is 26.9 Å². The minimum atomic E-state index is -0.275. The Bertz CT molecular complexity index is 892. The third-order valence-electron chi connectivity index (χ3n) is 3.27. The number of aryl methyl sites for hydroxylation is 2. The van der Waals surface area contributed by atoms with Crippen molar-refractivity contribution in [1.82, 2.24) is 19.7 Å². The van der Waals surface area contributed by atoms with Crippen LogP contribution in [0.25, 0.3) is 16.7 Å². The number of nitrogens with one attached hydrogen (secondary N) is 2. The van der Waals surface area contributed by atoms with E-state index in [4.69, 9.17) is 4.84 Å². The van der Waals surface area contributed by atoms with Crippen LogP contribution in [0.4, 0.5) is 5.95 Å². The minimum absolute atomic E-state index is 0.217. The van der Waals surface area contributed by atoms with Gasteiger partial charge in [-0.15, -0.1) is 5.10 Å². The summed E-state index contributed by atoms with van der Waals surface area (Å²) in [5, 5.41) is 4.83. The summed E-state index contributed by atoms with van der Waals surface area (Å²) < 4.78 is 2.69. The van der Waals surface area contributed by atoms with Crippen LogP contribution in [-0.2, 0) is 4.84 Å². The van der Waals surface area contributed by atoms with Crippen molar-refractivity contribution >= 4 is 32.9 Å². The predicted molar refractivity (Wildman–Crippen MR) is 87.3 cm³/mol. The van der Waals surface area contributed by atoms with Crippen molar-refractivity contribution in [3.05, 3.63) is 44.3 Å². The average molecular weight is 364 g/mol. The summed E-state index contributed by atoms with van der Waals surface area (Å²) in [6.45, 7) is 3.99. The molecule has 2 N–H and O–H groups in total. The largest absolute Gasteiger partial charge is 0.290 e. The summed E-state index contributed by atoms with van der Waals surface area (Å²) in [6, 6.07) is 4.01. The number of aromatic amines is 1. The van der Waals surface area contributed by atoms with Gasteiger partial charge in [-0.3, -0.25) is 14.6 Å². The average Bonchev–Trinajstić information content (AvgIpc) is 2.82. The van der Waals surface area contributed by atoms with E-state index in [1.54, 1.807) is 10.9 Å². The van der Waals surface area contributed by atoms with Crippen LogP contribution >= 0.6 is 15.9 Å². The van der Waals surface area contributed by atoms with E-state index in [9.17, 15) is 4.79 Å². The van der Waals surface area contributed by atoms with Gasteiger partial charge in [-0.2, -0.15) is 4.98 Å². The number of anilines is 1. The fraction of sp³-hybridized carbons (Fsp3) is 0.214. The molecule has 0 aliphatic rings. The smallest absolute Gasteiger partial charge is 0.263 e. The maximum absolute atomic E-state index is 12.1. The Morgan fingerprint density at radius 2 is 2.00 bits per heavy atom. The van der Waals surface area contributed by atoms with Crippen molar-refractivity contribution in [2.24, 2.45) is 0 Å². The predicted octanol–water partition coefficient (Wildman–Crippen LogP) is 2.46. The van der Waals surface area contributed by atoms with Gasteiger partial charge in [0.15, 0.2) is 5.65 Å². The molecule has 0 aliphatic carbocycles. The lowest BCUT2D eigenvalue weighted by molar-refractivity contribution is 0.267. The Balaban J connectivity index is 2.21. The lowest BCUT2D eigenvalue weighted by atomic mass is 10.1. The molecule has 3 aromatic rings. The summed E-state index contributed by atoms with van der Waals surface area (Å²) in [6.07, 6.45) is 1.68. The second-order valence-electron chi connectivity index (χ2n) is 4.92. The molecule has 114 valence electrons. The summed E-state index contributed by atoms with van der Waals surface area (Å²) in [5.74, 6) is 0.217. The van der Waals surface area contributed by atoms with E-state index in [0.717, 1.165) is 21.3 Å². The zero-order valence-corrected chi connectivity index (χ0v) is 13.9. The molecule has 2 aromatic heterocycles. The highest BCUT2D eigenvalue weighted by atomic mass is 79.9. The fourth-order valence-electron chi connectivity index (χ4n) is 2.44. The van der Waals surface area contributed by atoms with Crippen LogP contribution in [0.5, 0.6) is 0 Å². The first kappa shape index (κ1) is 14.7. The maximum atomic E-state index is 12.1. The molecule has 0 amide bonds. The molecule has 0 spiro atoms. The first-order valence-electron chi connectivity index (χ1n) is 6.55. The van der Waals surface area contributed by atoms with Crippen LogP contribution in [0.15, 0.2) is 27.6 Å². The van der Waals surface area contributed by atoms with Crippen molar-refractivity contribution in [2.45, 2.75) is 13.8 Å². The molecule has 0 aliphatic heterocycles. The van der Waals surface area contributed by atoms with Gasteiger partial charge in [0.1, 0.15) is 5.39 Å². The Morgan fingerprint density at radius 3 is 2.64 bits per heavy atom. The number of rotatable bonds is 3. The second-order valence-corrected chi connectivity index (χ2v) is 5.84. The normalized spacial score (nSPS) is 11.1. The van der Waals surface area contributed by atoms with E-state index in [0.29, 0.717) is 11.0 Å². The van der Waals surface area contributed by atoms with Crippen molar-refractivity contribution in [2.75, 3.05) is 12.6 Å². The van der Waals surface area contributed by atoms with Gasteiger partial charge in [-0.1, -0.05) is 15.9 Å². The molecule has 0 unspecified atom stereocenters. The third-order valence-corrected chi connectivity index (χ3v) is 3.73. The molecular formula is C14H14BrN5O2. The highest BCUT2D eigenvalue weighted by Gasteiger charge is 2.13. The van der Waals surface area contributed by atoms with Gasteiger partial charge in [-0.05, 0) is 37.1 Å². The molecule has 2 heterocycles. The topological polar surface area (TPSA) is 84.8 Å². The van der Waals surface area contributed by atoms with E-state index >= 15 is 0 Å². The van der Waals surface area contributed by atoms with Gasteiger partial charge in [0, 0.05) is 10.7 Å². The van der Waals surface area contributed by atoms with E-state index < -0.39 is 0 Å². The Labute approximate surface area is 134 Å². The molecule has 0 bridgehead atoms. The quantitative estimate of drug-likeness (QED) is 0.698. The standard InChI is InChI=1S/C14H14BrN5O2/c1-7-4-9(15)5-8(2)11(7)20-6-10-12(18-20)16-14(19-22-3)17-13(10)21/h4-6H,1-3H3,(H2,16,17,18,19,21). The molecule has 0 saturated carbocycles. The Morgan fingerprint density at radius 1 is 1.32 bits per heavy atom. The van der Waals surface area contributed by atoms with E-state index in [2.05, 4.69) is 36.5 Å². The molecule has 0 fully saturated rings. The zero-order valence-electron chi connectivity index (χ0n) is 12.3. The number of hydrogen-bond donors (Lipinski definition) is 2. The maximum Gasteiger partial charge on any atom is 0.263 e. The monoisotopic (exact) mass is 363 g/mol. The summed E-state index contributed by atoms with van der Waals surface area (Å²) >= 11 is 3.47. The van der Waals surface area contributed by atoms with Crippen molar-refractivity contribution in [3.8, 4) is 5.69 Å². The second kappa shape index (κ2) is 5.54. The highest BCUT2D eigenvalue weighted by Crippen LogP contribution is 2.24. The summed E-state index contributed by atoms with van der Waals surface area (Å²) in [4.78, 5) is 23.6. The van der Waals surface area contributed by atoms with Crippen molar-refractivity contribution < 1.29 is 4.84 Å². The number of hydrogen-bond acceptors (Lipinski definition) is 5. The Hall–Kier alpha value is -2.19. The number of halogens is 1. The SMILES string of the molecule is CONc1nc2nn(-c3c(C)cc(Br)cc3C)cc2c(=O)[nH]1. The van der Waals surface area contributed by atoms with Crippen LogP contribution in [0.2, 0.25) is 0 Å². The third kappa shape index (κ3) is 2.51. The fourth-order valence-corrected chi connectivity index (χ4v) is 3.13. The van der Waals surface area contributed by atoms with Crippen LogP contribution < -0.4 is 11.0 Å². The molecule has 22 heavy (non-hydrogen) atoms. The molecule has 7 nitrogen and oxygen atoms in total. The molecule has 8 heteroatoms. The lowest BCUT2D eigenvalue weighted by Gasteiger charge is -2.10. The zero-order chi connectivity index (χ0) is 15.9. The van der Waals surface area contributed by atoms with Gasteiger partial charge in [0.05, 0.1) is 12.8 Å². The summed E-state index contributed by atoms with van der Waals surface area (Å²) in [5.41, 5.74) is 5.60. The van der Waals surface area contributed by atoms with Gasteiger partial charge in [-0.25, -0.2) is 10.2 Å². The summed E-state index contributed by atoms with van der Waals surface area (Å²) in [7, 11) is 1.44. The molecule has 3 rings (SSSR count). The van der Waals surface area contributed by atoms with Gasteiger partial charge >= 0.3 is 0 Å². The van der Waals surface area contributed by atoms with E-state index in [-0.39, 0.29) is 11.5 Å².